The molecular weight excluding hydrogens is 306 g/mol. The molecule has 2 amide bonds. The van der Waals surface area contributed by atoms with Crippen molar-refractivity contribution in [2.45, 2.75) is 25.8 Å². The van der Waals surface area contributed by atoms with Crippen LogP contribution >= 0.6 is 11.3 Å². The van der Waals surface area contributed by atoms with Gasteiger partial charge in [-0.15, -0.1) is 11.3 Å². The number of fused-ring (bicyclic) bond motifs is 1. The molecule has 1 fully saturated rings. The number of carbonyl (C=O) groups excluding carboxylic acids is 1. The van der Waals surface area contributed by atoms with E-state index in [1.807, 2.05) is 28.4 Å². The van der Waals surface area contributed by atoms with Gasteiger partial charge in [0.15, 0.2) is 0 Å². The first-order valence-corrected chi connectivity index (χ1v) is 9.14. The van der Waals surface area contributed by atoms with E-state index in [0.29, 0.717) is 0 Å². The van der Waals surface area contributed by atoms with Crippen molar-refractivity contribution in [1.29, 1.82) is 0 Å². The third kappa shape index (κ3) is 3.06. The first-order valence-electron chi connectivity index (χ1n) is 8.26. The van der Waals surface area contributed by atoms with Gasteiger partial charge >= 0.3 is 6.03 Å². The van der Waals surface area contributed by atoms with Crippen molar-refractivity contribution in [1.82, 2.24) is 4.90 Å². The summed E-state index contributed by atoms with van der Waals surface area (Å²) in [5.41, 5.74) is 3.55. The Bertz CT molecular complexity index is 689. The number of hydrogen-bond acceptors (Lipinski definition) is 3. The van der Waals surface area contributed by atoms with Crippen LogP contribution in [0.1, 0.15) is 23.3 Å². The van der Waals surface area contributed by atoms with Gasteiger partial charge in [-0.05, 0) is 60.5 Å². The molecule has 4 nitrogen and oxygen atoms in total. The highest BCUT2D eigenvalue weighted by molar-refractivity contribution is 7.10. The van der Waals surface area contributed by atoms with Crippen LogP contribution < -0.4 is 10.2 Å². The van der Waals surface area contributed by atoms with E-state index in [1.165, 1.54) is 16.1 Å². The maximum Gasteiger partial charge on any atom is 0.321 e. The second kappa shape index (κ2) is 6.24. The second-order valence-electron chi connectivity index (χ2n) is 6.21. The van der Waals surface area contributed by atoms with Crippen LogP contribution in [0.5, 0.6) is 0 Å². The monoisotopic (exact) mass is 327 g/mol. The molecule has 0 atom stereocenters. The van der Waals surface area contributed by atoms with Gasteiger partial charge in [0.05, 0.1) is 0 Å². The highest BCUT2D eigenvalue weighted by Gasteiger charge is 2.19. The fourth-order valence-electron chi connectivity index (χ4n) is 3.35. The number of amides is 2. The molecule has 23 heavy (non-hydrogen) atoms. The van der Waals surface area contributed by atoms with E-state index in [4.69, 9.17) is 0 Å². The summed E-state index contributed by atoms with van der Waals surface area (Å²) in [6, 6.07) is 10.5. The highest BCUT2D eigenvalue weighted by Crippen LogP contribution is 2.28. The maximum atomic E-state index is 12.1. The van der Waals surface area contributed by atoms with Gasteiger partial charge in [-0.3, -0.25) is 0 Å². The lowest BCUT2D eigenvalue weighted by Gasteiger charge is -2.29. The summed E-state index contributed by atoms with van der Waals surface area (Å²) >= 11 is 1.87. The number of rotatable bonds is 2. The summed E-state index contributed by atoms with van der Waals surface area (Å²) in [7, 11) is 0. The third-order valence-corrected chi connectivity index (χ3v) is 5.71. The van der Waals surface area contributed by atoms with Gasteiger partial charge in [-0.2, -0.15) is 0 Å². The van der Waals surface area contributed by atoms with Gasteiger partial charge in [0, 0.05) is 42.4 Å². The molecule has 2 aromatic rings. The van der Waals surface area contributed by atoms with Crippen LogP contribution in [0.25, 0.3) is 0 Å². The standard InChI is InChI=1S/C18H21N3OS/c22-18(20-9-1-2-10-20)19-15-3-5-16(6-4-15)21-11-7-17-14(13-21)8-12-23-17/h3-6,8,12H,1-2,7,9-11,13H2,(H,19,22). The summed E-state index contributed by atoms with van der Waals surface area (Å²) in [6.07, 6.45) is 3.36. The minimum Gasteiger partial charge on any atom is -0.367 e. The number of urea groups is 1. The summed E-state index contributed by atoms with van der Waals surface area (Å²) < 4.78 is 0. The number of nitrogens with zero attached hydrogens (tertiary/aromatic N) is 2. The zero-order chi connectivity index (χ0) is 15.6. The molecule has 5 heteroatoms. The Labute approximate surface area is 140 Å². The number of carbonyl (C=O) groups is 1. The van der Waals surface area contributed by atoms with Crippen LogP contribution in [-0.4, -0.2) is 30.6 Å². The van der Waals surface area contributed by atoms with E-state index in [2.05, 4.69) is 33.8 Å². The first-order chi connectivity index (χ1) is 11.3. The van der Waals surface area contributed by atoms with Crippen LogP contribution in [0, 0.1) is 0 Å². The van der Waals surface area contributed by atoms with Crippen molar-refractivity contribution in [3.05, 3.63) is 46.2 Å². The van der Waals surface area contributed by atoms with Gasteiger partial charge < -0.3 is 15.1 Å². The van der Waals surface area contributed by atoms with E-state index in [0.717, 1.165) is 51.1 Å². The predicted molar refractivity (Wildman–Crippen MR) is 95.3 cm³/mol. The summed E-state index contributed by atoms with van der Waals surface area (Å²) in [5, 5.41) is 5.18. The Kier molecular flexibility index (Phi) is 3.95. The normalized spacial score (nSPS) is 17.2. The van der Waals surface area contributed by atoms with Gasteiger partial charge in [0.2, 0.25) is 0 Å². The molecule has 0 aliphatic carbocycles. The number of thiophene rings is 1. The van der Waals surface area contributed by atoms with Crippen LogP contribution in [0.3, 0.4) is 0 Å². The van der Waals surface area contributed by atoms with Crippen molar-refractivity contribution in [2.24, 2.45) is 0 Å². The number of likely N-dealkylation sites (tertiary alicyclic amines) is 1. The zero-order valence-corrected chi connectivity index (χ0v) is 13.9. The van der Waals surface area contributed by atoms with Crippen LogP contribution in [0.2, 0.25) is 0 Å². The predicted octanol–water partition coefficient (Wildman–Crippen LogP) is 3.94. The number of anilines is 2. The van der Waals surface area contributed by atoms with E-state index in [-0.39, 0.29) is 6.03 Å². The molecule has 2 aliphatic rings. The van der Waals surface area contributed by atoms with Gasteiger partial charge in [-0.25, -0.2) is 4.79 Å². The Morgan fingerprint density at radius 1 is 1.04 bits per heavy atom. The Morgan fingerprint density at radius 2 is 1.83 bits per heavy atom. The Hall–Kier alpha value is -2.01. The van der Waals surface area contributed by atoms with Gasteiger partial charge in [0.25, 0.3) is 0 Å². The molecule has 4 rings (SSSR count). The molecule has 0 spiro atoms. The molecule has 2 aliphatic heterocycles. The number of benzene rings is 1. The molecule has 1 saturated heterocycles. The lowest BCUT2D eigenvalue weighted by Crippen LogP contribution is -2.32. The minimum atomic E-state index is 0.0242. The molecule has 0 bridgehead atoms. The quantitative estimate of drug-likeness (QED) is 0.907. The van der Waals surface area contributed by atoms with Crippen molar-refractivity contribution in [2.75, 3.05) is 29.9 Å². The fourth-order valence-corrected chi connectivity index (χ4v) is 4.24. The third-order valence-electron chi connectivity index (χ3n) is 4.68. The van der Waals surface area contributed by atoms with Crippen LogP contribution in [-0.2, 0) is 13.0 Å². The minimum absolute atomic E-state index is 0.0242. The summed E-state index contributed by atoms with van der Waals surface area (Å²) in [6.45, 7) is 3.80. The lowest BCUT2D eigenvalue weighted by atomic mass is 10.1. The van der Waals surface area contributed by atoms with Crippen molar-refractivity contribution < 1.29 is 4.79 Å². The molecule has 1 aromatic heterocycles. The molecule has 0 unspecified atom stereocenters. The van der Waals surface area contributed by atoms with Crippen molar-refractivity contribution >= 4 is 28.7 Å². The maximum absolute atomic E-state index is 12.1. The molecule has 120 valence electrons. The van der Waals surface area contributed by atoms with E-state index < -0.39 is 0 Å². The van der Waals surface area contributed by atoms with Crippen LogP contribution in [0.4, 0.5) is 16.2 Å². The molecule has 0 saturated carbocycles. The van der Waals surface area contributed by atoms with Gasteiger partial charge in [-0.1, -0.05) is 0 Å². The number of hydrogen-bond donors (Lipinski definition) is 1. The number of nitrogens with one attached hydrogen (secondary N) is 1. The topological polar surface area (TPSA) is 35.6 Å². The largest absolute Gasteiger partial charge is 0.367 e. The zero-order valence-electron chi connectivity index (χ0n) is 13.1. The average molecular weight is 327 g/mol. The lowest BCUT2D eigenvalue weighted by molar-refractivity contribution is 0.222. The molecule has 1 aromatic carbocycles. The molecule has 0 radical (unpaired) electrons. The molecular formula is C18H21N3OS. The SMILES string of the molecule is O=C(Nc1ccc(N2CCc3sccc3C2)cc1)N1CCCC1. The average Bonchev–Trinajstić information content (AvgIpc) is 3.26. The van der Waals surface area contributed by atoms with E-state index in [9.17, 15) is 4.79 Å². The second-order valence-corrected chi connectivity index (χ2v) is 7.21. The summed E-state index contributed by atoms with van der Waals surface area (Å²) in [4.78, 5) is 17.9. The van der Waals surface area contributed by atoms with E-state index >= 15 is 0 Å². The van der Waals surface area contributed by atoms with Gasteiger partial charge in [0.1, 0.15) is 0 Å². The smallest absolute Gasteiger partial charge is 0.321 e. The van der Waals surface area contributed by atoms with Crippen LogP contribution in [0.15, 0.2) is 35.7 Å². The van der Waals surface area contributed by atoms with Crippen molar-refractivity contribution in [3.63, 3.8) is 0 Å². The first kappa shape index (κ1) is 14.6. The Morgan fingerprint density at radius 3 is 2.61 bits per heavy atom. The molecule has 3 heterocycles. The summed E-state index contributed by atoms with van der Waals surface area (Å²) in [5.74, 6) is 0. The van der Waals surface area contributed by atoms with Crippen molar-refractivity contribution in [3.8, 4) is 0 Å². The highest BCUT2D eigenvalue weighted by atomic mass is 32.1. The fraction of sp³-hybridized carbons (Fsp3) is 0.389. The Balaban J connectivity index is 1.41. The van der Waals surface area contributed by atoms with E-state index in [1.54, 1.807) is 0 Å². The molecule has 1 N–H and O–H groups in total.